The molecule has 3 rings (SSSR count). The first-order valence-electron chi connectivity index (χ1n) is 8.02. The fourth-order valence-corrected chi connectivity index (χ4v) is 3.30. The standard InChI is InChI=1S/C17H20N2O4/c20-15-5-3-11-18(15)13-8-6-12(7-9-13)16(21)19-10-2-1-4-14(19)17(22)23/h6-9,14H,1-5,10-11H2,(H,22,23)/t14-/m1/s1. The van der Waals surface area contributed by atoms with Gasteiger partial charge in [-0.05, 0) is 49.9 Å². The van der Waals surface area contributed by atoms with E-state index in [-0.39, 0.29) is 11.8 Å². The van der Waals surface area contributed by atoms with Crippen LogP contribution in [0.1, 0.15) is 42.5 Å². The lowest BCUT2D eigenvalue weighted by Gasteiger charge is -2.33. The fraction of sp³-hybridized carbons (Fsp3) is 0.471. The molecular weight excluding hydrogens is 296 g/mol. The van der Waals surface area contributed by atoms with E-state index in [1.54, 1.807) is 29.2 Å². The van der Waals surface area contributed by atoms with E-state index in [1.807, 2.05) is 0 Å². The fourth-order valence-electron chi connectivity index (χ4n) is 3.30. The van der Waals surface area contributed by atoms with Crippen molar-refractivity contribution in [3.63, 3.8) is 0 Å². The van der Waals surface area contributed by atoms with Crippen LogP contribution < -0.4 is 4.90 Å². The number of nitrogens with zero attached hydrogens (tertiary/aromatic N) is 2. The molecule has 2 aliphatic heterocycles. The number of piperidine rings is 1. The summed E-state index contributed by atoms with van der Waals surface area (Å²) >= 11 is 0. The van der Waals surface area contributed by atoms with Gasteiger partial charge in [0.05, 0.1) is 0 Å². The number of hydrogen-bond donors (Lipinski definition) is 1. The van der Waals surface area contributed by atoms with Crippen LogP contribution in [0, 0.1) is 0 Å². The SMILES string of the molecule is O=C(O)[C@H]1CCCCN1C(=O)c1ccc(N2CCCC2=O)cc1. The number of carboxylic acids is 1. The first-order chi connectivity index (χ1) is 11.1. The Labute approximate surface area is 134 Å². The smallest absolute Gasteiger partial charge is 0.326 e. The van der Waals surface area contributed by atoms with Gasteiger partial charge in [-0.3, -0.25) is 9.59 Å². The van der Waals surface area contributed by atoms with E-state index < -0.39 is 12.0 Å². The van der Waals surface area contributed by atoms with Crippen molar-refractivity contribution < 1.29 is 19.5 Å². The molecule has 122 valence electrons. The summed E-state index contributed by atoms with van der Waals surface area (Å²) in [6, 6.07) is 6.14. The lowest BCUT2D eigenvalue weighted by molar-refractivity contribution is -0.143. The van der Waals surface area contributed by atoms with E-state index in [0.717, 1.165) is 24.9 Å². The van der Waals surface area contributed by atoms with Gasteiger partial charge in [0.2, 0.25) is 5.91 Å². The predicted octanol–water partition coefficient (Wildman–Crippen LogP) is 1.89. The van der Waals surface area contributed by atoms with Crippen LogP contribution in [0.15, 0.2) is 24.3 Å². The Bertz CT molecular complexity index is 626. The zero-order chi connectivity index (χ0) is 16.4. The number of amides is 2. The molecule has 0 radical (unpaired) electrons. The number of carbonyl (C=O) groups excluding carboxylic acids is 2. The predicted molar refractivity (Wildman–Crippen MR) is 84.3 cm³/mol. The summed E-state index contributed by atoms with van der Waals surface area (Å²) in [5.41, 5.74) is 1.26. The molecule has 6 heteroatoms. The summed E-state index contributed by atoms with van der Waals surface area (Å²) in [6.07, 6.45) is 3.58. The van der Waals surface area contributed by atoms with Gasteiger partial charge in [-0.2, -0.15) is 0 Å². The highest BCUT2D eigenvalue weighted by Crippen LogP contribution is 2.24. The van der Waals surface area contributed by atoms with Gasteiger partial charge in [-0.25, -0.2) is 4.79 Å². The zero-order valence-electron chi connectivity index (χ0n) is 12.9. The molecule has 23 heavy (non-hydrogen) atoms. The third-order valence-electron chi connectivity index (χ3n) is 4.55. The minimum atomic E-state index is -0.947. The van der Waals surface area contributed by atoms with Crippen molar-refractivity contribution in [3.05, 3.63) is 29.8 Å². The highest BCUT2D eigenvalue weighted by molar-refractivity contribution is 5.98. The van der Waals surface area contributed by atoms with Crippen LogP contribution in [0.2, 0.25) is 0 Å². The van der Waals surface area contributed by atoms with Crippen molar-refractivity contribution in [2.75, 3.05) is 18.0 Å². The zero-order valence-corrected chi connectivity index (χ0v) is 12.9. The normalized spacial score (nSPS) is 21.6. The van der Waals surface area contributed by atoms with Crippen LogP contribution in [0.3, 0.4) is 0 Å². The summed E-state index contributed by atoms with van der Waals surface area (Å²) in [6.45, 7) is 1.18. The quantitative estimate of drug-likeness (QED) is 0.924. The molecule has 1 atom stereocenters. The van der Waals surface area contributed by atoms with Gasteiger partial charge >= 0.3 is 5.97 Å². The van der Waals surface area contributed by atoms with E-state index in [0.29, 0.717) is 31.5 Å². The molecule has 0 aromatic heterocycles. The van der Waals surface area contributed by atoms with Crippen molar-refractivity contribution in [2.45, 2.75) is 38.1 Å². The van der Waals surface area contributed by atoms with E-state index >= 15 is 0 Å². The number of carboxylic acid groups (broad SMARTS) is 1. The van der Waals surface area contributed by atoms with Crippen molar-refractivity contribution in [2.24, 2.45) is 0 Å². The van der Waals surface area contributed by atoms with Gasteiger partial charge in [0.15, 0.2) is 0 Å². The highest BCUT2D eigenvalue weighted by Gasteiger charge is 2.32. The molecule has 2 fully saturated rings. The van der Waals surface area contributed by atoms with Crippen LogP contribution in [0.4, 0.5) is 5.69 Å². The molecule has 6 nitrogen and oxygen atoms in total. The van der Waals surface area contributed by atoms with Crippen LogP contribution in [-0.4, -0.2) is 46.9 Å². The van der Waals surface area contributed by atoms with Gasteiger partial charge in [0.25, 0.3) is 5.91 Å². The molecule has 0 bridgehead atoms. The molecule has 2 aliphatic rings. The van der Waals surface area contributed by atoms with Gasteiger partial charge in [-0.1, -0.05) is 0 Å². The molecule has 2 saturated heterocycles. The summed E-state index contributed by atoms with van der Waals surface area (Å²) in [5, 5.41) is 9.28. The molecule has 1 aromatic carbocycles. The summed E-state index contributed by atoms with van der Waals surface area (Å²) in [5.74, 6) is -1.10. The maximum Gasteiger partial charge on any atom is 0.326 e. The number of likely N-dealkylation sites (tertiary alicyclic amines) is 1. The second-order valence-corrected chi connectivity index (χ2v) is 6.04. The Morgan fingerprint density at radius 3 is 2.39 bits per heavy atom. The molecule has 0 unspecified atom stereocenters. The average Bonchev–Trinajstić information content (AvgIpc) is 3.00. The first-order valence-corrected chi connectivity index (χ1v) is 8.02. The minimum absolute atomic E-state index is 0.103. The van der Waals surface area contributed by atoms with Crippen molar-refractivity contribution in [1.82, 2.24) is 4.90 Å². The summed E-state index contributed by atoms with van der Waals surface area (Å²) in [7, 11) is 0. The van der Waals surface area contributed by atoms with Crippen molar-refractivity contribution in [3.8, 4) is 0 Å². The molecule has 1 aromatic rings. The lowest BCUT2D eigenvalue weighted by atomic mass is 10.0. The van der Waals surface area contributed by atoms with Gasteiger partial charge in [0.1, 0.15) is 6.04 Å². The van der Waals surface area contributed by atoms with Crippen molar-refractivity contribution in [1.29, 1.82) is 0 Å². The maximum atomic E-state index is 12.6. The molecule has 1 N–H and O–H groups in total. The molecule has 2 amide bonds. The number of carbonyl (C=O) groups is 3. The van der Waals surface area contributed by atoms with E-state index in [4.69, 9.17) is 0 Å². The molecular formula is C17H20N2O4. The Morgan fingerprint density at radius 2 is 1.78 bits per heavy atom. The van der Waals surface area contributed by atoms with Crippen molar-refractivity contribution >= 4 is 23.5 Å². The first kappa shape index (κ1) is 15.5. The Morgan fingerprint density at radius 1 is 1.04 bits per heavy atom. The third-order valence-corrected chi connectivity index (χ3v) is 4.55. The second kappa shape index (κ2) is 6.40. The minimum Gasteiger partial charge on any atom is -0.480 e. The van der Waals surface area contributed by atoms with Crippen LogP contribution in [0.25, 0.3) is 0 Å². The number of benzene rings is 1. The second-order valence-electron chi connectivity index (χ2n) is 6.04. The topological polar surface area (TPSA) is 77.9 Å². The van der Waals surface area contributed by atoms with Crippen LogP contribution >= 0.6 is 0 Å². The van der Waals surface area contributed by atoms with Gasteiger partial charge < -0.3 is 14.9 Å². The highest BCUT2D eigenvalue weighted by atomic mass is 16.4. The van der Waals surface area contributed by atoms with Gasteiger partial charge in [-0.15, -0.1) is 0 Å². The summed E-state index contributed by atoms with van der Waals surface area (Å²) in [4.78, 5) is 38.8. The van der Waals surface area contributed by atoms with E-state index in [9.17, 15) is 19.5 Å². The lowest BCUT2D eigenvalue weighted by Crippen LogP contribution is -2.47. The largest absolute Gasteiger partial charge is 0.480 e. The number of rotatable bonds is 3. The molecule has 2 heterocycles. The number of anilines is 1. The Kier molecular flexibility index (Phi) is 4.32. The van der Waals surface area contributed by atoms with Crippen LogP contribution in [0.5, 0.6) is 0 Å². The molecule has 0 aliphatic carbocycles. The molecule has 0 spiro atoms. The number of hydrogen-bond acceptors (Lipinski definition) is 3. The molecule has 0 saturated carbocycles. The Balaban J connectivity index is 1.77. The van der Waals surface area contributed by atoms with E-state index in [2.05, 4.69) is 0 Å². The van der Waals surface area contributed by atoms with E-state index in [1.165, 1.54) is 4.90 Å². The number of aliphatic carboxylic acids is 1. The van der Waals surface area contributed by atoms with Gasteiger partial charge in [0, 0.05) is 30.8 Å². The Hall–Kier alpha value is -2.37. The average molecular weight is 316 g/mol. The third kappa shape index (κ3) is 3.06. The van der Waals surface area contributed by atoms with Crippen LogP contribution in [-0.2, 0) is 9.59 Å². The summed E-state index contributed by atoms with van der Waals surface area (Å²) < 4.78 is 0. The maximum absolute atomic E-state index is 12.6. The monoisotopic (exact) mass is 316 g/mol.